The first-order chi connectivity index (χ1) is 15.0. The Hall–Kier alpha value is -1.32. The number of allylic oxidation sites excluding steroid dienone is 2. The van der Waals surface area contributed by atoms with Crippen molar-refractivity contribution in [3.8, 4) is 0 Å². The molecule has 1 aliphatic rings. The van der Waals surface area contributed by atoms with Gasteiger partial charge in [-0.2, -0.15) is 0 Å². The maximum Gasteiger partial charge on any atom is 0.310 e. The number of esters is 1. The molecule has 180 valence electrons. The molecule has 0 aliphatic heterocycles. The van der Waals surface area contributed by atoms with Crippen LogP contribution in [0.2, 0.25) is 0 Å². The van der Waals surface area contributed by atoms with Gasteiger partial charge in [-0.1, -0.05) is 116 Å². The fraction of sp³-hybridized carbons (Fsp3) is 0.852. The van der Waals surface area contributed by atoms with Crippen LogP contribution < -0.4 is 0 Å². The second-order valence-electron chi connectivity index (χ2n) is 9.79. The zero-order valence-corrected chi connectivity index (χ0v) is 20.3. The lowest BCUT2D eigenvalue weighted by molar-refractivity contribution is -0.158. The standard InChI is InChI=1S/C27H48O4/c1-23(2)19-15-13-11-9-7-5-3-4-6-8-10-12-14-18-22-31-27(30)25-21-17-16-20-24(25)26(28)29/h16-17,23-25H,3-15,18-22H2,1-2H3,(H,28,29). The molecule has 1 aliphatic carbocycles. The lowest BCUT2D eigenvalue weighted by Gasteiger charge is -2.23. The fourth-order valence-corrected chi connectivity index (χ4v) is 4.40. The molecule has 4 nitrogen and oxygen atoms in total. The molecule has 0 spiro atoms. The van der Waals surface area contributed by atoms with Gasteiger partial charge in [0, 0.05) is 0 Å². The van der Waals surface area contributed by atoms with Crippen LogP contribution in [0.5, 0.6) is 0 Å². The van der Waals surface area contributed by atoms with Gasteiger partial charge in [-0.3, -0.25) is 9.59 Å². The Kier molecular flexibility index (Phi) is 16.3. The van der Waals surface area contributed by atoms with Crippen LogP contribution in [-0.4, -0.2) is 23.7 Å². The molecular formula is C27H48O4. The largest absolute Gasteiger partial charge is 0.481 e. The van der Waals surface area contributed by atoms with Gasteiger partial charge in [-0.25, -0.2) is 0 Å². The highest BCUT2D eigenvalue weighted by Gasteiger charge is 2.34. The summed E-state index contributed by atoms with van der Waals surface area (Å²) in [4.78, 5) is 23.4. The van der Waals surface area contributed by atoms with Crippen LogP contribution in [0.4, 0.5) is 0 Å². The molecule has 0 bridgehead atoms. The van der Waals surface area contributed by atoms with Gasteiger partial charge in [0.25, 0.3) is 0 Å². The maximum atomic E-state index is 12.2. The minimum Gasteiger partial charge on any atom is -0.481 e. The fourth-order valence-electron chi connectivity index (χ4n) is 4.40. The van der Waals surface area contributed by atoms with E-state index in [0.717, 1.165) is 18.8 Å². The van der Waals surface area contributed by atoms with E-state index in [0.29, 0.717) is 19.4 Å². The second kappa shape index (κ2) is 18.3. The average molecular weight is 437 g/mol. The number of ether oxygens (including phenoxy) is 1. The number of hydrogen-bond donors (Lipinski definition) is 1. The summed E-state index contributed by atoms with van der Waals surface area (Å²) in [7, 11) is 0. The summed E-state index contributed by atoms with van der Waals surface area (Å²) in [5, 5.41) is 9.24. The van der Waals surface area contributed by atoms with E-state index >= 15 is 0 Å². The molecule has 2 unspecified atom stereocenters. The minimum absolute atomic E-state index is 0.340. The average Bonchev–Trinajstić information content (AvgIpc) is 2.75. The third-order valence-corrected chi connectivity index (χ3v) is 6.47. The van der Waals surface area contributed by atoms with Crippen molar-refractivity contribution in [1.29, 1.82) is 0 Å². The molecule has 0 saturated carbocycles. The maximum absolute atomic E-state index is 12.2. The summed E-state index contributed by atoms with van der Waals surface area (Å²) in [5.41, 5.74) is 0. The Morgan fingerprint density at radius 1 is 0.742 bits per heavy atom. The van der Waals surface area contributed by atoms with Gasteiger partial charge in [-0.05, 0) is 25.2 Å². The van der Waals surface area contributed by atoms with E-state index in [2.05, 4.69) is 13.8 Å². The van der Waals surface area contributed by atoms with Gasteiger partial charge in [0.1, 0.15) is 0 Å². The molecule has 1 rings (SSSR count). The van der Waals surface area contributed by atoms with Crippen molar-refractivity contribution < 1.29 is 19.4 Å². The number of aliphatic carboxylic acids is 1. The third-order valence-electron chi connectivity index (χ3n) is 6.47. The molecule has 0 heterocycles. The number of carboxylic acid groups (broad SMARTS) is 1. The van der Waals surface area contributed by atoms with E-state index < -0.39 is 17.8 Å². The third kappa shape index (κ3) is 14.4. The summed E-state index contributed by atoms with van der Waals surface area (Å²) in [6.07, 6.45) is 24.3. The first-order valence-corrected chi connectivity index (χ1v) is 13.1. The van der Waals surface area contributed by atoms with Crippen LogP contribution in [-0.2, 0) is 14.3 Å². The number of carbonyl (C=O) groups excluding carboxylic acids is 1. The zero-order chi connectivity index (χ0) is 22.7. The minimum atomic E-state index is -0.900. The summed E-state index contributed by atoms with van der Waals surface area (Å²) >= 11 is 0. The van der Waals surface area contributed by atoms with Gasteiger partial charge in [0.15, 0.2) is 0 Å². The van der Waals surface area contributed by atoms with E-state index in [9.17, 15) is 14.7 Å². The Morgan fingerprint density at radius 3 is 1.61 bits per heavy atom. The number of hydrogen-bond acceptors (Lipinski definition) is 3. The lowest BCUT2D eigenvalue weighted by Crippen LogP contribution is -2.32. The molecule has 0 amide bonds. The van der Waals surface area contributed by atoms with Gasteiger partial charge in [-0.15, -0.1) is 0 Å². The first-order valence-electron chi connectivity index (χ1n) is 13.1. The highest BCUT2D eigenvalue weighted by Crippen LogP contribution is 2.27. The quantitative estimate of drug-likeness (QED) is 0.128. The number of unbranched alkanes of at least 4 members (excludes halogenated alkanes) is 13. The number of carboxylic acids is 1. The molecule has 0 saturated heterocycles. The molecule has 0 aromatic heterocycles. The topological polar surface area (TPSA) is 63.6 Å². The Balaban J connectivity index is 1.84. The van der Waals surface area contributed by atoms with E-state index in [1.54, 1.807) is 0 Å². The molecule has 0 aromatic carbocycles. The van der Waals surface area contributed by atoms with Crippen LogP contribution in [0.1, 0.15) is 123 Å². The van der Waals surface area contributed by atoms with Crippen molar-refractivity contribution in [2.75, 3.05) is 6.61 Å². The van der Waals surface area contributed by atoms with Crippen LogP contribution in [0.25, 0.3) is 0 Å². The molecule has 2 atom stereocenters. The molecule has 31 heavy (non-hydrogen) atoms. The van der Waals surface area contributed by atoms with E-state index in [1.165, 1.54) is 83.5 Å². The molecule has 4 heteroatoms. The van der Waals surface area contributed by atoms with Gasteiger partial charge in [0.05, 0.1) is 18.4 Å². The van der Waals surface area contributed by atoms with Crippen molar-refractivity contribution in [3.05, 3.63) is 12.2 Å². The molecule has 0 aromatic rings. The predicted octanol–water partition coefficient (Wildman–Crippen LogP) is 7.70. The first kappa shape index (κ1) is 27.7. The number of carbonyl (C=O) groups is 2. The normalized spacial score (nSPS) is 18.4. The van der Waals surface area contributed by atoms with Gasteiger partial charge >= 0.3 is 11.9 Å². The highest BCUT2D eigenvalue weighted by atomic mass is 16.5. The van der Waals surface area contributed by atoms with E-state index in [4.69, 9.17) is 4.74 Å². The SMILES string of the molecule is CC(C)CCCCCCCCCCCCCCCCOC(=O)C1CC=CCC1C(=O)O. The zero-order valence-electron chi connectivity index (χ0n) is 20.3. The van der Waals surface area contributed by atoms with Crippen molar-refractivity contribution in [2.45, 2.75) is 123 Å². The monoisotopic (exact) mass is 436 g/mol. The van der Waals surface area contributed by atoms with Crippen molar-refractivity contribution >= 4 is 11.9 Å². The summed E-state index contributed by atoms with van der Waals surface area (Å²) < 4.78 is 5.35. The Bertz CT molecular complexity index is 497. The van der Waals surface area contributed by atoms with Crippen LogP contribution >= 0.6 is 0 Å². The summed E-state index contributed by atoms with van der Waals surface area (Å²) in [5.74, 6) is -1.54. The summed E-state index contributed by atoms with van der Waals surface area (Å²) in [6, 6.07) is 0. The molecule has 1 N–H and O–H groups in total. The summed E-state index contributed by atoms with van der Waals surface area (Å²) in [6.45, 7) is 5.04. The Labute approximate surface area is 191 Å². The predicted molar refractivity (Wildman–Crippen MR) is 128 cm³/mol. The second-order valence-corrected chi connectivity index (χ2v) is 9.79. The molecular weight excluding hydrogens is 388 g/mol. The highest BCUT2D eigenvalue weighted by molar-refractivity contribution is 5.81. The van der Waals surface area contributed by atoms with Crippen molar-refractivity contribution in [3.63, 3.8) is 0 Å². The molecule has 0 radical (unpaired) electrons. The van der Waals surface area contributed by atoms with Crippen LogP contribution in [0.15, 0.2) is 12.2 Å². The number of rotatable bonds is 19. The van der Waals surface area contributed by atoms with Crippen molar-refractivity contribution in [2.24, 2.45) is 17.8 Å². The lowest BCUT2D eigenvalue weighted by atomic mass is 9.83. The van der Waals surface area contributed by atoms with Gasteiger partial charge in [0.2, 0.25) is 0 Å². The van der Waals surface area contributed by atoms with Crippen molar-refractivity contribution in [1.82, 2.24) is 0 Å². The smallest absolute Gasteiger partial charge is 0.310 e. The van der Waals surface area contributed by atoms with E-state index in [1.807, 2.05) is 12.2 Å². The van der Waals surface area contributed by atoms with Gasteiger partial charge < -0.3 is 9.84 Å². The molecule has 0 fully saturated rings. The van der Waals surface area contributed by atoms with Crippen LogP contribution in [0.3, 0.4) is 0 Å². The van der Waals surface area contributed by atoms with Crippen LogP contribution in [0, 0.1) is 17.8 Å². The Morgan fingerprint density at radius 2 is 1.16 bits per heavy atom. The van der Waals surface area contributed by atoms with E-state index in [-0.39, 0.29) is 5.97 Å².